The first kappa shape index (κ1) is 19.7. The topological polar surface area (TPSA) is 88.0 Å². The van der Waals surface area contributed by atoms with Gasteiger partial charge in [0, 0.05) is 31.1 Å². The van der Waals surface area contributed by atoms with Gasteiger partial charge in [0.2, 0.25) is 0 Å². The van der Waals surface area contributed by atoms with E-state index >= 15 is 0 Å². The van der Waals surface area contributed by atoms with Crippen LogP contribution in [0.25, 0.3) is 0 Å². The maximum Gasteiger partial charge on any atom is 0.307 e. The molecular weight excluding hydrogens is 382 g/mol. The average Bonchev–Trinajstić information content (AvgIpc) is 3.41. The van der Waals surface area contributed by atoms with Gasteiger partial charge in [-0.25, -0.2) is 5.43 Å². The number of amides is 2. The quantitative estimate of drug-likeness (QED) is 0.652. The number of hydrogen-bond donors (Lipinski definition) is 1. The molecule has 0 bridgehead atoms. The van der Waals surface area contributed by atoms with Gasteiger partial charge >= 0.3 is 5.91 Å². The standard InChI is InChI=1S/C23H23N3O4/c1-15-20-17(24-25-22(27)19-12-7-13-29-19)10-6-11-18(20)30-21(15)23(28)26(2)14-16-8-4-3-5-9-16/h3-5,7-9,12-13H,6,10-11,14H2,1-2H3,(H,25,27)/b24-17+. The second-order valence-corrected chi connectivity index (χ2v) is 7.33. The number of aryl methyl sites for hydroxylation is 1. The summed E-state index contributed by atoms with van der Waals surface area (Å²) in [5, 5.41) is 4.30. The number of rotatable bonds is 5. The lowest BCUT2D eigenvalue weighted by Crippen LogP contribution is -2.26. The van der Waals surface area contributed by atoms with E-state index in [2.05, 4.69) is 10.5 Å². The maximum atomic E-state index is 13.0. The van der Waals surface area contributed by atoms with Crippen LogP contribution in [0, 0.1) is 6.92 Å². The van der Waals surface area contributed by atoms with Crippen LogP contribution < -0.4 is 5.43 Å². The molecule has 3 aromatic rings. The summed E-state index contributed by atoms with van der Waals surface area (Å²) in [7, 11) is 1.76. The fraction of sp³-hybridized carbons (Fsp3) is 0.261. The van der Waals surface area contributed by atoms with E-state index in [0.717, 1.165) is 35.3 Å². The first-order chi connectivity index (χ1) is 14.5. The summed E-state index contributed by atoms with van der Waals surface area (Å²) in [4.78, 5) is 26.8. The van der Waals surface area contributed by atoms with Gasteiger partial charge in [0.15, 0.2) is 11.5 Å². The monoisotopic (exact) mass is 405 g/mol. The van der Waals surface area contributed by atoms with Crippen LogP contribution in [0.1, 0.15) is 56.4 Å². The van der Waals surface area contributed by atoms with E-state index in [1.807, 2.05) is 37.3 Å². The van der Waals surface area contributed by atoms with Crippen molar-refractivity contribution in [2.45, 2.75) is 32.7 Å². The van der Waals surface area contributed by atoms with Gasteiger partial charge in [-0.2, -0.15) is 5.10 Å². The number of nitrogens with zero attached hydrogens (tertiary/aromatic N) is 2. The van der Waals surface area contributed by atoms with E-state index in [0.29, 0.717) is 24.4 Å². The lowest BCUT2D eigenvalue weighted by molar-refractivity contribution is 0.0750. The molecule has 2 aromatic heterocycles. The number of benzene rings is 1. The second kappa shape index (κ2) is 8.41. The highest BCUT2D eigenvalue weighted by Gasteiger charge is 2.29. The molecule has 1 aliphatic carbocycles. The highest BCUT2D eigenvalue weighted by molar-refractivity contribution is 6.07. The fourth-order valence-electron chi connectivity index (χ4n) is 3.67. The van der Waals surface area contributed by atoms with E-state index in [1.165, 1.54) is 6.26 Å². The molecule has 0 fully saturated rings. The number of hydrazone groups is 1. The van der Waals surface area contributed by atoms with Gasteiger partial charge in [-0.15, -0.1) is 0 Å². The van der Waals surface area contributed by atoms with Crippen molar-refractivity contribution in [3.05, 3.63) is 82.7 Å². The van der Waals surface area contributed by atoms with Gasteiger partial charge in [0.25, 0.3) is 5.91 Å². The Balaban J connectivity index is 1.55. The zero-order chi connectivity index (χ0) is 21.1. The molecule has 2 heterocycles. The minimum atomic E-state index is -0.417. The lowest BCUT2D eigenvalue weighted by Gasteiger charge is -2.16. The summed E-state index contributed by atoms with van der Waals surface area (Å²) in [5.74, 6) is 0.661. The molecule has 1 N–H and O–H groups in total. The first-order valence-corrected chi connectivity index (χ1v) is 9.87. The number of hydrogen-bond acceptors (Lipinski definition) is 5. The van der Waals surface area contributed by atoms with Crippen molar-refractivity contribution < 1.29 is 18.4 Å². The Morgan fingerprint density at radius 2 is 1.93 bits per heavy atom. The Hall–Kier alpha value is -3.61. The van der Waals surface area contributed by atoms with Crippen molar-refractivity contribution in [1.82, 2.24) is 10.3 Å². The van der Waals surface area contributed by atoms with Crippen LogP contribution in [0.3, 0.4) is 0 Å². The first-order valence-electron chi connectivity index (χ1n) is 9.87. The normalized spacial score (nSPS) is 14.4. The largest absolute Gasteiger partial charge is 0.459 e. The van der Waals surface area contributed by atoms with E-state index in [1.54, 1.807) is 24.1 Å². The minimum absolute atomic E-state index is 0.176. The van der Waals surface area contributed by atoms with Crippen LogP contribution in [-0.2, 0) is 13.0 Å². The van der Waals surface area contributed by atoms with Crippen molar-refractivity contribution in [3.8, 4) is 0 Å². The van der Waals surface area contributed by atoms with Crippen molar-refractivity contribution in [2.75, 3.05) is 7.05 Å². The van der Waals surface area contributed by atoms with Gasteiger partial charge in [0.1, 0.15) is 5.76 Å². The molecule has 1 aromatic carbocycles. The summed E-state index contributed by atoms with van der Waals surface area (Å²) in [5.41, 5.74) is 5.86. The predicted molar refractivity (Wildman–Crippen MR) is 111 cm³/mol. The molecule has 0 aliphatic heterocycles. The van der Waals surface area contributed by atoms with Crippen LogP contribution in [-0.4, -0.2) is 29.5 Å². The molecule has 0 saturated carbocycles. The number of carbonyl (C=O) groups is 2. The van der Waals surface area contributed by atoms with Gasteiger partial charge < -0.3 is 13.7 Å². The maximum absolute atomic E-state index is 13.0. The van der Waals surface area contributed by atoms with Crippen molar-refractivity contribution in [3.63, 3.8) is 0 Å². The summed E-state index contributed by atoms with van der Waals surface area (Å²) in [6, 6.07) is 13.0. The third-order valence-electron chi connectivity index (χ3n) is 5.17. The number of carbonyl (C=O) groups excluding carboxylic acids is 2. The Morgan fingerprint density at radius 1 is 1.13 bits per heavy atom. The second-order valence-electron chi connectivity index (χ2n) is 7.33. The van der Waals surface area contributed by atoms with Crippen molar-refractivity contribution >= 4 is 17.5 Å². The van der Waals surface area contributed by atoms with Gasteiger partial charge in [-0.05, 0) is 37.5 Å². The van der Waals surface area contributed by atoms with Crippen molar-refractivity contribution in [2.24, 2.45) is 5.10 Å². The molecule has 0 spiro atoms. The van der Waals surface area contributed by atoms with E-state index in [-0.39, 0.29) is 11.7 Å². The molecule has 0 unspecified atom stereocenters. The van der Waals surface area contributed by atoms with Gasteiger partial charge in [-0.1, -0.05) is 30.3 Å². The summed E-state index contributed by atoms with van der Waals surface area (Å²) < 4.78 is 11.1. The number of furan rings is 2. The third kappa shape index (κ3) is 3.91. The van der Waals surface area contributed by atoms with Crippen LogP contribution in [0.5, 0.6) is 0 Å². The van der Waals surface area contributed by atoms with Crippen LogP contribution in [0.15, 0.2) is 62.7 Å². The number of fused-ring (bicyclic) bond motifs is 1. The molecule has 154 valence electrons. The molecule has 0 saturated heterocycles. The molecule has 1 aliphatic rings. The predicted octanol–water partition coefficient (Wildman–Crippen LogP) is 3.92. The summed E-state index contributed by atoms with van der Waals surface area (Å²) in [6.07, 6.45) is 3.70. The van der Waals surface area contributed by atoms with E-state index in [4.69, 9.17) is 8.83 Å². The Morgan fingerprint density at radius 3 is 2.67 bits per heavy atom. The van der Waals surface area contributed by atoms with E-state index < -0.39 is 5.91 Å². The SMILES string of the molecule is Cc1c(C(=O)N(C)Cc2ccccc2)oc2c1/C(=N/NC(=O)c1ccco1)CCC2. The molecule has 4 rings (SSSR count). The minimum Gasteiger partial charge on any atom is -0.459 e. The van der Waals surface area contributed by atoms with Crippen LogP contribution in [0.4, 0.5) is 0 Å². The Bertz CT molecular complexity index is 1080. The molecule has 0 radical (unpaired) electrons. The lowest BCUT2D eigenvalue weighted by atomic mass is 9.93. The molecular formula is C23H23N3O4. The summed E-state index contributed by atoms with van der Waals surface area (Å²) >= 11 is 0. The molecule has 7 heteroatoms. The molecule has 30 heavy (non-hydrogen) atoms. The molecule has 0 atom stereocenters. The van der Waals surface area contributed by atoms with Gasteiger partial charge in [-0.3, -0.25) is 9.59 Å². The third-order valence-corrected chi connectivity index (χ3v) is 5.17. The van der Waals surface area contributed by atoms with Crippen LogP contribution >= 0.6 is 0 Å². The Labute approximate surface area is 174 Å². The van der Waals surface area contributed by atoms with Gasteiger partial charge in [0.05, 0.1) is 12.0 Å². The average molecular weight is 405 g/mol. The Kier molecular flexibility index (Phi) is 5.52. The molecule has 7 nitrogen and oxygen atoms in total. The zero-order valence-electron chi connectivity index (χ0n) is 17.0. The van der Waals surface area contributed by atoms with E-state index in [9.17, 15) is 9.59 Å². The highest BCUT2D eigenvalue weighted by Crippen LogP contribution is 2.30. The van der Waals surface area contributed by atoms with Crippen molar-refractivity contribution in [1.29, 1.82) is 0 Å². The summed E-state index contributed by atoms with van der Waals surface area (Å²) in [6.45, 7) is 2.35. The van der Waals surface area contributed by atoms with Crippen LogP contribution in [0.2, 0.25) is 0 Å². The zero-order valence-corrected chi connectivity index (χ0v) is 17.0. The smallest absolute Gasteiger partial charge is 0.307 e. The highest BCUT2D eigenvalue weighted by atomic mass is 16.4. The number of nitrogens with one attached hydrogen (secondary N) is 1. The fourth-order valence-corrected chi connectivity index (χ4v) is 3.67. The molecule has 2 amide bonds.